The van der Waals surface area contributed by atoms with Crippen LogP contribution in [-0.2, 0) is 0 Å². The van der Waals surface area contributed by atoms with Crippen LogP contribution < -0.4 is 9.64 Å². The molecule has 3 aliphatic heterocycles. The van der Waals surface area contributed by atoms with Crippen LogP contribution in [0.1, 0.15) is 36.3 Å². The second-order valence-corrected chi connectivity index (χ2v) is 12.2. The number of carbonyl (C=O) groups excluding carboxylic acids is 1. The molecule has 44 heavy (non-hydrogen) atoms. The molecule has 8 rings (SSSR count). The maximum atomic E-state index is 13.1. The van der Waals surface area contributed by atoms with Gasteiger partial charge in [0.05, 0.1) is 5.52 Å². The molecule has 3 atom stereocenters. The van der Waals surface area contributed by atoms with Crippen LogP contribution in [0.5, 0.6) is 11.8 Å². The van der Waals surface area contributed by atoms with E-state index in [4.69, 9.17) is 14.7 Å². The van der Waals surface area contributed by atoms with E-state index in [2.05, 4.69) is 56.3 Å². The lowest BCUT2D eigenvalue weighted by Gasteiger charge is -2.41. The highest BCUT2D eigenvalue weighted by molar-refractivity contribution is 6.01. The molecule has 0 aliphatic carbocycles. The molecule has 3 aliphatic rings. The van der Waals surface area contributed by atoms with Crippen LogP contribution in [0.15, 0.2) is 60.9 Å². The second kappa shape index (κ2) is 10.7. The quantitative estimate of drug-likeness (QED) is 0.299. The number of amides is 1. The Morgan fingerprint density at radius 2 is 1.86 bits per heavy atom. The summed E-state index contributed by atoms with van der Waals surface area (Å²) in [6.07, 6.45) is 5.55. The van der Waals surface area contributed by atoms with Crippen molar-refractivity contribution in [3.05, 3.63) is 66.7 Å². The minimum Gasteiger partial charge on any atom is -0.508 e. The summed E-state index contributed by atoms with van der Waals surface area (Å²) < 4.78 is 6.32. The number of aromatic hydroxyl groups is 1. The third-order valence-electron chi connectivity index (χ3n) is 9.52. The lowest BCUT2D eigenvalue weighted by atomic mass is 9.97. The molecule has 3 saturated heterocycles. The van der Waals surface area contributed by atoms with Gasteiger partial charge in [-0.15, -0.1) is 0 Å². The van der Waals surface area contributed by atoms with Gasteiger partial charge in [-0.25, -0.2) is 4.98 Å². The van der Waals surface area contributed by atoms with Crippen LogP contribution in [-0.4, -0.2) is 97.4 Å². The molecular weight excluding hydrogens is 556 g/mol. The predicted molar refractivity (Wildman–Crippen MR) is 167 cm³/mol. The summed E-state index contributed by atoms with van der Waals surface area (Å²) in [5, 5.41) is 20.1. The minimum absolute atomic E-state index is 0.113. The number of likely N-dealkylation sites (N-methyl/N-ethyl adjacent to an activating group) is 1. The van der Waals surface area contributed by atoms with E-state index < -0.39 is 0 Å². The summed E-state index contributed by atoms with van der Waals surface area (Å²) in [7, 11) is 2.14. The predicted octanol–water partition coefficient (Wildman–Crippen LogP) is 4.24. The van der Waals surface area contributed by atoms with Crippen molar-refractivity contribution in [2.45, 2.75) is 43.8 Å². The number of nitrogens with one attached hydrogen (secondary N) is 1. The molecule has 0 spiro atoms. The molecule has 0 saturated carbocycles. The molecular formula is C33H34N8O3. The third-order valence-corrected chi connectivity index (χ3v) is 9.52. The Kier molecular flexibility index (Phi) is 6.55. The summed E-state index contributed by atoms with van der Waals surface area (Å²) in [4.78, 5) is 33.8. The molecule has 11 heteroatoms. The SMILES string of the molecule is CN1CCC[C@H]1COc1nc(N2[C@@H]3CC[C@H]2CN(C(=O)c2ncn[nH]2)C3)c2ccc(-c3cc(O)cc4ccccc34)cc2n1. The lowest BCUT2D eigenvalue weighted by Crippen LogP contribution is -2.56. The number of phenols is 1. The molecule has 0 radical (unpaired) electrons. The number of piperazine rings is 1. The highest BCUT2D eigenvalue weighted by atomic mass is 16.5. The number of rotatable bonds is 6. The number of hydrogen-bond acceptors (Lipinski definition) is 9. The van der Waals surface area contributed by atoms with Gasteiger partial charge >= 0.3 is 6.01 Å². The number of fused-ring (bicyclic) bond motifs is 4. The van der Waals surface area contributed by atoms with E-state index in [-0.39, 0.29) is 29.6 Å². The van der Waals surface area contributed by atoms with Gasteiger partial charge in [0.25, 0.3) is 5.91 Å². The molecule has 2 bridgehead atoms. The molecule has 5 aromatic rings. The zero-order valence-electron chi connectivity index (χ0n) is 24.6. The fraction of sp³-hybridized carbons (Fsp3) is 0.364. The average molecular weight is 591 g/mol. The molecule has 3 fully saturated rings. The molecule has 224 valence electrons. The number of aromatic nitrogens is 5. The summed E-state index contributed by atoms with van der Waals surface area (Å²) >= 11 is 0. The number of aromatic amines is 1. The average Bonchev–Trinajstić information content (AvgIpc) is 3.78. The number of phenolic OH excluding ortho intramolecular Hbond substituents is 1. The molecule has 5 heterocycles. The van der Waals surface area contributed by atoms with Crippen molar-refractivity contribution in [3.8, 4) is 22.9 Å². The Hall–Kier alpha value is -4.77. The summed E-state index contributed by atoms with van der Waals surface area (Å²) in [5.41, 5.74) is 2.69. The standard InChI is InChI=1S/C33H34N8O3/c1-39-12-4-6-24(39)18-44-33-36-29-14-21(28-15-25(42)13-20-5-2-3-7-26(20)28)8-11-27(29)31(37-33)41-22-9-10-23(41)17-40(16-22)32(43)30-34-19-35-38-30/h2-3,5,7-8,11,13-15,19,22-24,42H,4,6,9-10,12,16-18H2,1H3,(H,34,35,38)/t22-,23+,24-/m0/s1. The third kappa shape index (κ3) is 4.68. The van der Waals surface area contributed by atoms with Crippen molar-refractivity contribution in [1.29, 1.82) is 0 Å². The number of H-pyrrole nitrogens is 1. The number of likely N-dealkylation sites (tertiary alicyclic amines) is 2. The minimum atomic E-state index is -0.126. The number of anilines is 1. The van der Waals surface area contributed by atoms with Crippen molar-refractivity contribution in [2.24, 2.45) is 0 Å². The number of benzene rings is 3. The van der Waals surface area contributed by atoms with E-state index in [1.807, 2.05) is 29.2 Å². The van der Waals surface area contributed by atoms with Crippen LogP contribution >= 0.6 is 0 Å². The Labute approximate surface area is 254 Å². The van der Waals surface area contributed by atoms with Gasteiger partial charge in [0.1, 0.15) is 24.5 Å². The van der Waals surface area contributed by atoms with Crippen LogP contribution in [0, 0.1) is 0 Å². The van der Waals surface area contributed by atoms with E-state index in [0.717, 1.165) is 70.8 Å². The number of nitrogens with zero attached hydrogens (tertiary/aromatic N) is 7. The Morgan fingerprint density at radius 3 is 2.64 bits per heavy atom. The molecule has 2 N–H and O–H groups in total. The largest absolute Gasteiger partial charge is 0.508 e. The topological polar surface area (TPSA) is 124 Å². The first kappa shape index (κ1) is 26.8. The zero-order valence-corrected chi connectivity index (χ0v) is 24.6. The summed E-state index contributed by atoms with van der Waals surface area (Å²) in [5.74, 6) is 1.21. The van der Waals surface area contributed by atoms with Gasteiger partial charge < -0.3 is 24.5 Å². The highest BCUT2D eigenvalue weighted by Gasteiger charge is 2.43. The molecule has 11 nitrogen and oxygen atoms in total. The Balaban J connectivity index is 1.19. The van der Waals surface area contributed by atoms with Crippen molar-refractivity contribution >= 4 is 33.4 Å². The molecule has 3 aromatic carbocycles. The first-order valence-corrected chi connectivity index (χ1v) is 15.3. The maximum absolute atomic E-state index is 13.1. The van der Waals surface area contributed by atoms with Gasteiger partial charge in [0.2, 0.25) is 5.82 Å². The first-order chi connectivity index (χ1) is 21.5. The van der Waals surface area contributed by atoms with Crippen LogP contribution in [0.3, 0.4) is 0 Å². The first-order valence-electron chi connectivity index (χ1n) is 15.3. The van der Waals surface area contributed by atoms with Crippen molar-refractivity contribution in [1.82, 2.24) is 34.9 Å². The van der Waals surface area contributed by atoms with Crippen LogP contribution in [0.25, 0.3) is 32.8 Å². The summed E-state index contributed by atoms with van der Waals surface area (Å²) in [6.45, 7) is 2.76. The van der Waals surface area contributed by atoms with E-state index in [1.54, 1.807) is 6.07 Å². The van der Waals surface area contributed by atoms with Crippen molar-refractivity contribution in [2.75, 3.05) is 38.2 Å². The Morgan fingerprint density at radius 1 is 1.02 bits per heavy atom. The van der Waals surface area contributed by atoms with Gasteiger partial charge in [-0.1, -0.05) is 30.3 Å². The lowest BCUT2D eigenvalue weighted by molar-refractivity contribution is 0.0705. The molecule has 1 amide bonds. The Bertz CT molecular complexity index is 1850. The van der Waals surface area contributed by atoms with E-state index in [1.165, 1.54) is 6.33 Å². The van der Waals surface area contributed by atoms with Gasteiger partial charge in [0.15, 0.2) is 0 Å². The van der Waals surface area contributed by atoms with Crippen molar-refractivity contribution in [3.63, 3.8) is 0 Å². The number of carbonyl (C=O) groups is 1. The van der Waals surface area contributed by atoms with Crippen molar-refractivity contribution < 1.29 is 14.6 Å². The van der Waals surface area contributed by atoms with Gasteiger partial charge in [-0.2, -0.15) is 15.1 Å². The fourth-order valence-electron chi connectivity index (χ4n) is 7.29. The normalized spacial score (nSPS) is 21.9. The van der Waals surface area contributed by atoms with Crippen LogP contribution in [0.4, 0.5) is 5.82 Å². The van der Waals surface area contributed by atoms with E-state index >= 15 is 0 Å². The fourth-order valence-corrected chi connectivity index (χ4v) is 7.29. The van der Waals surface area contributed by atoms with Gasteiger partial charge in [0, 0.05) is 36.6 Å². The monoisotopic (exact) mass is 590 g/mol. The number of hydrogen-bond donors (Lipinski definition) is 2. The van der Waals surface area contributed by atoms with Gasteiger partial charge in [-0.05, 0) is 85.4 Å². The molecule has 2 aromatic heterocycles. The number of ether oxygens (including phenoxy) is 1. The zero-order chi connectivity index (χ0) is 29.8. The summed E-state index contributed by atoms with van der Waals surface area (Å²) in [6, 6.07) is 18.8. The van der Waals surface area contributed by atoms with E-state index in [0.29, 0.717) is 31.7 Å². The van der Waals surface area contributed by atoms with E-state index in [9.17, 15) is 9.90 Å². The second-order valence-electron chi connectivity index (χ2n) is 12.2. The van der Waals surface area contributed by atoms with Gasteiger partial charge in [-0.3, -0.25) is 9.89 Å². The highest BCUT2D eigenvalue weighted by Crippen LogP contribution is 2.40. The smallest absolute Gasteiger partial charge is 0.319 e. The molecule has 0 unspecified atom stereocenters. The maximum Gasteiger partial charge on any atom is 0.319 e. The van der Waals surface area contributed by atoms with Crippen LogP contribution in [0.2, 0.25) is 0 Å².